The Hall–Kier alpha value is -2.43. The molecular weight excluding hydrogens is 256 g/mol. The van der Waals surface area contributed by atoms with E-state index in [1.165, 1.54) is 17.7 Å². The van der Waals surface area contributed by atoms with Gasteiger partial charge in [-0.25, -0.2) is 4.57 Å². The van der Waals surface area contributed by atoms with Crippen molar-refractivity contribution in [3.8, 4) is 5.75 Å². The minimum absolute atomic E-state index is 0.113. The van der Waals surface area contributed by atoms with Crippen molar-refractivity contribution in [1.82, 2.24) is 0 Å². The summed E-state index contributed by atoms with van der Waals surface area (Å²) in [5.74, 6) is 0.676. The lowest BCUT2D eigenvalue weighted by atomic mass is 9.75. The summed E-state index contributed by atoms with van der Waals surface area (Å²) in [5.41, 5.74) is 1.31. The van der Waals surface area contributed by atoms with Crippen LogP contribution in [0.3, 0.4) is 0 Å². The largest absolute Gasteiger partial charge is 0.508 e. The Morgan fingerprint density at radius 2 is 1.75 bits per heavy atom. The van der Waals surface area contributed by atoms with Gasteiger partial charge in [0.05, 0.1) is 17.1 Å². The van der Waals surface area contributed by atoms with E-state index in [1.54, 1.807) is 24.5 Å². The maximum absolute atomic E-state index is 10.7. The summed E-state index contributed by atoms with van der Waals surface area (Å²) in [6.45, 7) is 0. The molecule has 1 aromatic heterocycles. The average Bonchev–Trinajstić information content (AvgIpc) is 2.41. The van der Waals surface area contributed by atoms with Crippen molar-refractivity contribution < 1.29 is 14.6 Å². The molecule has 1 heterocycles. The number of hydrogen-bond donors (Lipinski definition) is 1. The van der Waals surface area contributed by atoms with Gasteiger partial charge in [0.15, 0.2) is 18.4 Å². The number of hydrogen-bond acceptors (Lipinski definition) is 3. The second kappa shape index (κ2) is 4.92. The Morgan fingerprint density at radius 3 is 2.25 bits per heavy atom. The number of benzene rings is 1. The van der Waals surface area contributed by atoms with Crippen LogP contribution in [-0.2, 0) is 0 Å². The fraction of sp³-hybridized carbons (Fsp3) is 0.267. The Labute approximate surface area is 116 Å². The molecule has 102 valence electrons. The van der Waals surface area contributed by atoms with Gasteiger partial charge in [-0.05, 0) is 24.1 Å². The van der Waals surface area contributed by atoms with E-state index in [0.29, 0.717) is 12.0 Å². The molecule has 0 unspecified atom stereocenters. The molecule has 20 heavy (non-hydrogen) atoms. The molecule has 1 aliphatic carbocycles. The van der Waals surface area contributed by atoms with E-state index in [2.05, 4.69) is 0 Å². The highest BCUT2D eigenvalue weighted by atomic mass is 16.6. The molecule has 3 rings (SSSR count). The molecule has 5 heteroatoms. The van der Waals surface area contributed by atoms with E-state index in [1.807, 2.05) is 16.7 Å². The topological polar surface area (TPSA) is 67.2 Å². The van der Waals surface area contributed by atoms with Crippen molar-refractivity contribution in [3.63, 3.8) is 0 Å². The molecule has 1 fully saturated rings. The van der Waals surface area contributed by atoms with Crippen molar-refractivity contribution in [3.05, 3.63) is 64.5 Å². The van der Waals surface area contributed by atoms with E-state index in [-0.39, 0.29) is 16.4 Å². The van der Waals surface area contributed by atoms with Crippen molar-refractivity contribution in [2.45, 2.75) is 24.8 Å². The number of aromatic nitrogens is 1. The van der Waals surface area contributed by atoms with E-state index < -0.39 is 0 Å². The predicted molar refractivity (Wildman–Crippen MR) is 72.4 cm³/mol. The first kappa shape index (κ1) is 12.6. The van der Waals surface area contributed by atoms with E-state index in [9.17, 15) is 15.2 Å². The van der Waals surface area contributed by atoms with Gasteiger partial charge in [0, 0.05) is 12.3 Å². The summed E-state index contributed by atoms with van der Waals surface area (Å²) in [5, 5.41) is 20.0. The van der Waals surface area contributed by atoms with Gasteiger partial charge in [0.25, 0.3) is 5.69 Å². The maximum atomic E-state index is 10.7. The molecule has 0 spiro atoms. The molecule has 1 aromatic carbocycles. The van der Waals surface area contributed by atoms with Crippen molar-refractivity contribution in [2.24, 2.45) is 0 Å². The number of nitro groups is 1. The summed E-state index contributed by atoms with van der Waals surface area (Å²) in [7, 11) is 0. The number of pyridine rings is 1. The summed E-state index contributed by atoms with van der Waals surface area (Å²) >= 11 is 0. The zero-order valence-electron chi connectivity index (χ0n) is 10.8. The van der Waals surface area contributed by atoms with E-state index >= 15 is 0 Å². The molecule has 0 saturated heterocycles. The van der Waals surface area contributed by atoms with Crippen LogP contribution in [0.25, 0.3) is 0 Å². The van der Waals surface area contributed by atoms with Crippen LogP contribution < -0.4 is 4.57 Å². The maximum Gasteiger partial charge on any atom is 0.281 e. The first-order valence-corrected chi connectivity index (χ1v) is 6.59. The number of phenolic OH excluding ortho intramolecular Hbond substituents is 1. The lowest BCUT2D eigenvalue weighted by molar-refractivity contribution is -0.736. The SMILES string of the molecule is O=[N+]([O-])c1cc[n+]([C@H]2CC[C@@H]2c2ccc(O)cc2)cc1. The van der Waals surface area contributed by atoms with Crippen molar-refractivity contribution >= 4 is 5.69 Å². The normalized spacial score (nSPS) is 21.2. The third-order valence-electron chi connectivity index (χ3n) is 3.99. The summed E-state index contributed by atoms with van der Waals surface area (Å²) in [4.78, 5) is 10.3. The Bertz CT molecular complexity index is 623. The first-order valence-electron chi connectivity index (χ1n) is 6.59. The monoisotopic (exact) mass is 271 g/mol. The molecular formula is C15H15N2O3+. The minimum atomic E-state index is -0.386. The van der Waals surface area contributed by atoms with Gasteiger partial charge in [0.2, 0.25) is 0 Å². The van der Waals surface area contributed by atoms with Gasteiger partial charge in [-0.15, -0.1) is 0 Å². The van der Waals surface area contributed by atoms with Crippen LogP contribution in [0.2, 0.25) is 0 Å². The van der Waals surface area contributed by atoms with E-state index in [0.717, 1.165) is 12.8 Å². The molecule has 2 atom stereocenters. The lowest BCUT2D eigenvalue weighted by Crippen LogP contribution is -2.47. The van der Waals surface area contributed by atoms with Gasteiger partial charge in [-0.2, -0.15) is 0 Å². The third kappa shape index (κ3) is 2.22. The Morgan fingerprint density at radius 1 is 1.10 bits per heavy atom. The van der Waals surface area contributed by atoms with Gasteiger partial charge in [-0.1, -0.05) is 12.1 Å². The number of nitrogens with zero attached hydrogens (tertiary/aromatic N) is 2. The second-order valence-electron chi connectivity index (χ2n) is 5.10. The number of rotatable bonds is 3. The molecule has 1 saturated carbocycles. The quantitative estimate of drug-likeness (QED) is 0.530. The number of aromatic hydroxyl groups is 1. The van der Waals surface area contributed by atoms with Crippen LogP contribution in [0.4, 0.5) is 5.69 Å². The standard InChI is InChI=1S/C15H14N2O3/c18-13-3-1-11(2-4-13)14-5-6-15(14)16-9-7-12(8-10-16)17(19)20/h1-4,7-10,14-15H,5-6H2/p+1/t14-,15+/m1/s1. The van der Waals surface area contributed by atoms with Crippen LogP contribution in [0.15, 0.2) is 48.8 Å². The Kier molecular flexibility index (Phi) is 3.10. The molecule has 0 bridgehead atoms. The molecule has 1 aliphatic rings. The Balaban J connectivity index is 1.80. The zero-order valence-corrected chi connectivity index (χ0v) is 10.8. The molecule has 0 aliphatic heterocycles. The van der Waals surface area contributed by atoms with Gasteiger partial charge in [-0.3, -0.25) is 10.1 Å². The van der Waals surface area contributed by atoms with Gasteiger partial charge < -0.3 is 5.11 Å². The number of phenols is 1. The van der Waals surface area contributed by atoms with Crippen molar-refractivity contribution in [1.29, 1.82) is 0 Å². The van der Waals surface area contributed by atoms with Gasteiger partial charge in [0.1, 0.15) is 5.75 Å². The summed E-state index contributed by atoms with van der Waals surface area (Å²) in [6.07, 6.45) is 5.71. The van der Waals surface area contributed by atoms with Crippen molar-refractivity contribution in [2.75, 3.05) is 0 Å². The average molecular weight is 271 g/mol. The van der Waals surface area contributed by atoms with Gasteiger partial charge >= 0.3 is 0 Å². The van der Waals surface area contributed by atoms with Crippen LogP contribution in [0, 0.1) is 10.1 Å². The molecule has 1 N–H and O–H groups in total. The highest BCUT2D eigenvalue weighted by Crippen LogP contribution is 2.43. The highest BCUT2D eigenvalue weighted by Gasteiger charge is 2.39. The van der Waals surface area contributed by atoms with E-state index in [4.69, 9.17) is 0 Å². The third-order valence-corrected chi connectivity index (χ3v) is 3.99. The second-order valence-corrected chi connectivity index (χ2v) is 5.10. The highest BCUT2D eigenvalue weighted by molar-refractivity contribution is 5.30. The summed E-state index contributed by atoms with van der Waals surface area (Å²) < 4.78 is 2.04. The molecule has 2 aromatic rings. The van der Waals surface area contributed by atoms with Crippen LogP contribution in [-0.4, -0.2) is 10.0 Å². The first-order chi connectivity index (χ1) is 9.65. The molecule has 5 nitrogen and oxygen atoms in total. The smallest absolute Gasteiger partial charge is 0.281 e. The lowest BCUT2D eigenvalue weighted by Gasteiger charge is -2.32. The summed E-state index contributed by atoms with van der Waals surface area (Å²) in [6, 6.07) is 10.7. The van der Waals surface area contributed by atoms with Crippen LogP contribution in [0.5, 0.6) is 5.75 Å². The zero-order chi connectivity index (χ0) is 14.1. The predicted octanol–water partition coefficient (Wildman–Crippen LogP) is 2.71. The minimum Gasteiger partial charge on any atom is -0.508 e. The molecule has 0 radical (unpaired) electrons. The van der Waals surface area contributed by atoms with Crippen LogP contribution >= 0.6 is 0 Å². The fourth-order valence-electron chi connectivity index (χ4n) is 2.72. The molecule has 0 amide bonds. The fourth-order valence-corrected chi connectivity index (χ4v) is 2.72. The van der Waals surface area contributed by atoms with Crippen LogP contribution in [0.1, 0.15) is 30.4 Å².